The molecule has 0 atom stereocenters. The molecular weight excluding hydrogens is 260 g/mol. The van der Waals surface area contributed by atoms with E-state index in [-0.39, 0.29) is 11.4 Å². The number of alkyl halides is 2. The fraction of sp³-hybridized carbons (Fsp3) is 0.133. The SMILES string of the molecule is Nc1nn(CC(F)(F)c2ccccc2)c2ccccc12. The minimum atomic E-state index is -3.00. The summed E-state index contributed by atoms with van der Waals surface area (Å²) >= 11 is 0. The largest absolute Gasteiger partial charge is 0.382 e. The molecule has 102 valence electrons. The van der Waals surface area contributed by atoms with Gasteiger partial charge in [-0.05, 0) is 12.1 Å². The van der Waals surface area contributed by atoms with Crippen LogP contribution in [0, 0.1) is 0 Å². The van der Waals surface area contributed by atoms with Crippen LogP contribution in [0.15, 0.2) is 54.6 Å². The van der Waals surface area contributed by atoms with E-state index < -0.39 is 12.5 Å². The first-order valence-electron chi connectivity index (χ1n) is 6.22. The van der Waals surface area contributed by atoms with Crippen LogP contribution in [-0.4, -0.2) is 9.78 Å². The third-order valence-corrected chi connectivity index (χ3v) is 3.23. The van der Waals surface area contributed by atoms with E-state index in [4.69, 9.17) is 5.73 Å². The fourth-order valence-corrected chi connectivity index (χ4v) is 2.24. The summed E-state index contributed by atoms with van der Waals surface area (Å²) in [5, 5.41) is 4.71. The Hall–Kier alpha value is -2.43. The molecule has 0 radical (unpaired) electrons. The number of fused-ring (bicyclic) bond motifs is 1. The van der Waals surface area contributed by atoms with Gasteiger partial charge in [0.15, 0.2) is 5.82 Å². The Morgan fingerprint density at radius 1 is 1.00 bits per heavy atom. The molecule has 5 heteroatoms. The highest BCUT2D eigenvalue weighted by Gasteiger charge is 2.33. The number of para-hydroxylation sites is 1. The number of hydrogen-bond acceptors (Lipinski definition) is 2. The van der Waals surface area contributed by atoms with Crippen LogP contribution in [0.5, 0.6) is 0 Å². The van der Waals surface area contributed by atoms with Crippen LogP contribution in [-0.2, 0) is 12.5 Å². The van der Waals surface area contributed by atoms with Crippen molar-refractivity contribution >= 4 is 16.7 Å². The van der Waals surface area contributed by atoms with Gasteiger partial charge in [0.25, 0.3) is 5.92 Å². The van der Waals surface area contributed by atoms with Crippen molar-refractivity contribution in [1.82, 2.24) is 9.78 Å². The maximum Gasteiger partial charge on any atom is 0.292 e. The lowest BCUT2D eigenvalue weighted by Gasteiger charge is -2.17. The monoisotopic (exact) mass is 273 g/mol. The van der Waals surface area contributed by atoms with Gasteiger partial charge in [-0.25, -0.2) is 0 Å². The van der Waals surface area contributed by atoms with Crippen LogP contribution in [0.4, 0.5) is 14.6 Å². The standard InChI is InChI=1S/C15H13F2N3/c16-15(17,11-6-2-1-3-7-11)10-20-13-9-5-4-8-12(13)14(18)19-20/h1-9H,10H2,(H2,18,19). The zero-order valence-corrected chi connectivity index (χ0v) is 10.6. The van der Waals surface area contributed by atoms with Gasteiger partial charge in [0.2, 0.25) is 0 Å². The number of rotatable bonds is 3. The van der Waals surface area contributed by atoms with Gasteiger partial charge in [0, 0.05) is 10.9 Å². The van der Waals surface area contributed by atoms with Gasteiger partial charge in [0.05, 0.1) is 5.52 Å². The summed E-state index contributed by atoms with van der Waals surface area (Å²) in [6.07, 6.45) is 0. The van der Waals surface area contributed by atoms with Crippen molar-refractivity contribution in [3.8, 4) is 0 Å². The summed E-state index contributed by atoms with van der Waals surface area (Å²) < 4.78 is 29.8. The molecule has 0 saturated heterocycles. The zero-order valence-electron chi connectivity index (χ0n) is 10.6. The Labute approximate surface area is 114 Å². The van der Waals surface area contributed by atoms with Crippen molar-refractivity contribution in [3.63, 3.8) is 0 Å². The van der Waals surface area contributed by atoms with Crippen molar-refractivity contribution in [2.45, 2.75) is 12.5 Å². The van der Waals surface area contributed by atoms with Gasteiger partial charge < -0.3 is 5.73 Å². The van der Waals surface area contributed by atoms with Gasteiger partial charge in [0.1, 0.15) is 6.54 Å². The van der Waals surface area contributed by atoms with Gasteiger partial charge in [-0.1, -0.05) is 42.5 Å². The Bertz CT molecular complexity index is 735. The molecule has 0 aliphatic carbocycles. The minimum absolute atomic E-state index is 0.0295. The number of halogens is 2. The van der Waals surface area contributed by atoms with E-state index in [0.717, 1.165) is 0 Å². The number of nitrogens with zero attached hydrogens (tertiary/aromatic N) is 2. The third kappa shape index (κ3) is 2.11. The highest BCUT2D eigenvalue weighted by atomic mass is 19.3. The number of nitrogen functional groups attached to an aromatic ring is 1. The van der Waals surface area contributed by atoms with E-state index >= 15 is 0 Å². The number of aromatic nitrogens is 2. The molecular formula is C15H13F2N3. The highest BCUT2D eigenvalue weighted by molar-refractivity contribution is 5.88. The summed E-state index contributed by atoms with van der Waals surface area (Å²) in [6.45, 7) is -0.533. The van der Waals surface area contributed by atoms with E-state index in [1.165, 1.54) is 16.8 Å². The highest BCUT2D eigenvalue weighted by Crippen LogP contribution is 2.31. The van der Waals surface area contributed by atoms with Crippen molar-refractivity contribution in [1.29, 1.82) is 0 Å². The smallest absolute Gasteiger partial charge is 0.292 e. The van der Waals surface area contributed by atoms with E-state index in [1.807, 2.05) is 0 Å². The summed E-state index contributed by atoms with van der Waals surface area (Å²) in [4.78, 5) is 0. The predicted octanol–water partition coefficient (Wildman–Crippen LogP) is 3.41. The molecule has 0 aliphatic rings. The van der Waals surface area contributed by atoms with Gasteiger partial charge in [-0.2, -0.15) is 13.9 Å². The van der Waals surface area contributed by atoms with Crippen LogP contribution in [0.1, 0.15) is 5.56 Å². The first-order valence-corrected chi connectivity index (χ1v) is 6.22. The Kier molecular flexibility index (Phi) is 2.89. The summed E-state index contributed by atoms with van der Waals surface area (Å²) in [5.74, 6) is -2.73. The average molecular weight is 273 g/mol. The maximum absolute atomic E-state index is 14.3. The minimum Gasteiger partial charge on any atom is -0.382 e. The normalized spacial score (nSPS) is 11.9. The van der Waals surface area contributed by atoms with Crippen molar-refractivity contribution in [2.24, 2.45) is 0 Å². The van der Waals surface area contributed by atoms with E-state index in [1.54, 1.807) is 42.5 Å². The zero-order chi connectivity index (χ0) is 14.2. The van der Waals surface area contributed by atoms with Crippen molar-refractivity contribution < 1.29 is 8.78 Å². The van der Waals surface area contributed by atoms with Crippen molar-refractivity contribution in [3.05, 3.63) is 60.2 Å². The van der Waals surface area contributed by atoms with E-state index in [9.17, 15) is 8.78 Å². The Balaban J connectivity index is 2.01. The quantitative estimate of drug-likeness (QED) is 0.794. The molecule has 2 aromatic carbocycles. The first kappa shape index (κ1) is 12.6. The van der Waals surface area contributed by atoms with Crippen LogP contribution in [0.25, 0.3) is 10.9 Å². The summed E-state index contributed by atoms with van der Waals surface area (Å²) in [7, 11) is 0. The molecule has 2 N–H and O–H groups in total. The van der Waals surface area contributed by atoms with Crippen molar-refractivity contribution in [2.75, 3.05) is 5.73 Å². The molecule has 3 rings (SSSR count). The lowest BCUT2D eigenvalue weighted by atomic mass is 10.1. The third-order valence-electron chi connectivity index (χ3n) is 3.23. The second kappa shape index (κ2) is 4.59. The molecule has 0 unspecified atom stereocenters. The summed E-state index contributed by atoms with van der Waals surface area (Å²) in [5.41, 5.74) is 6.34. The number of anilines is 1. The lowest BCUT2D eigenvalue weighted by Crippen LogP contribution is -2.22. The molecule has 0 aliphatic heterocycles. The second-order valence-electron chi connectivity index (χ2n) is 4.63. The van der Waals surface area contributed by atoms with Crippen LogP contribution in [0.3, 0.4) is 0 Å². The number of hydrogen-bond donors (Lipinski definition) is 1. The Morgan fingerprint density at radius 3 is 2.40 bits per heavy atom. The van der Waals surface area contributed by atoms with E-state index in [0.29, 0.717) is 10.9 Å². The van der Waals surface area contributed by atoms with Crippen LogP contribution in [0.2, 0.25) is 0 Å². The first-order chi connectivity index (χ1) is 9.58. The molecule has 3 aromatic rings. The van der Waals surface area contributed by atoms with Gasteiger partial charge >= 0.3 is 0 Å². The second-order valence-corrected chi connectivity index (χ2v) is 4.63. The van der Waals surface area contributed by atoms with Gasteiger partial charge in [-0.3, -0.25) is 4.68 Å². The molecule has 3 nitrogen and oxygen atoms in total. The number of benzene rings is 2. The molecule has 0 amide bonds. The molecule has 0 fully saturated rings. The summed E-state index contributed by atoms with van der Waals surface area (Å²) in [6, 6.07) is 14.8. The maximum atomic E-state index is 14.3. The van der Waals surface area contributed by atoms with Crippen LogP contribution < -0.4 is 5.73 Å². The molecule has 1 aromatic heterocycles. The lowest BCUT2D eigenvalue weighted by molar-refractivity contribution is -0.0241. The predicted molar refractivity (Wildman–Crippen MR) is 74.5 cm³/mol. The molecule has 1 heterocycles. The molecule has 0 spiro atoms. The molecule has 0 bridgehead atoms. The average Bonchev–Trinajstić information content (AvgIpc) is 2.76. The molecule has 0 saturated carbocycles. The topological polar surface area (TPSA) is 43.8 Å². The van der Waals surface area contributed by atoms with E-state index in [2.05, 4.69) is 5.10 Å². The fourth-order valence-electron chi connectivity index (χ4n) is 2.24. The van der Waals surface area contributed by atoms with Crippen LogP contribution >= 0.6 is 0 Å². The molecule has 20 heavy (non-hydrogen) atoms. The Morgan fingerprint density at radius 2 is 1.65 bits per heavy atom. The number of nitrogens with two attached hydrogens (primary N) is 1. The van der Waals surface area contributed by atoms with Gasteiger partial charge in [-0.15, -0.1) is 0 Å².